The highest BCUT2D eigenvalue weighted by atomic mass is 35.5. The van der Waals surface area contributed by atoms with E-state index in [0.29, 0.717) is 18.3 Å². The number of amides is 1. The molecular weight excluding hydrogens is 400 g/mol. The number of piperidine rings is 1. The van der Waals surface area contributed by atoms with Crippen LogP contribution in [0, 0.1) is 0 Å². The fourth-order valence-corrected chi connectivity index (χ4v) is 4.02. The average Bonchev–Trinajstić information content (AvgIpc) is 3.26. The molecule has 4 rings (SSSR count). The highest BCUT2D eigenvalue weighted by molar-refractivity contribution is 5.92. The Balaban J connectivity index is 0.00000256. The molecule has 2 saturated heterocycles. The number of aromatic nitrogens is 2. The van der Waals surface area contributed by atoms with Crippen LogP contribution in [0.5, 0.6) is 0 Å². The van der Waals surface area contributed by atoms with Crippen LogP contribution in [0.3, 0.4) is 0 Å². The molecule has 0 saturated carbocycles. The number of carbonyl (C=O) groups is 1. The molecule has 0 radical (unpaired) electrons. The fourth-order valence-electron chi connectivity index (χ4n) is 4.02. The number of hydrogen-bond acceptors (Lipinski definition) is 5. The molecule has 2 aromatic rings. The highest BCUT2D eigenvalue weighted by Gasteiger charge is 2.18. The summed E-state index contributed by atoms with van der Waals surface area (Å²) in [6.07, 6.45) is 4.17. The zero-order valence-electron chi connectivity index (χ0n) is 17.7. The van der Waals surface area contributed by atoms with Crippen molar-refractivity contribution >= 4 is 18.3 Å². The second-order valence-corrected chi connectivity index (χ2v) is 8.26. The molecule has 2 N–H and O–H groups in total. The number of likely N-dealkylation sites (N-methyl/N-ethyl adjacent to an activating group) is 1. The fraction of sp³-hybridized carbons (Fsp3) is 0.545. The first kappa shape index (κ1) is 22.7. The van der Waals surface area contributed by atoms with E-state index in [1.54, 1.807) is 0 Å². The second-order valence-electron chi connectivity index (χ2n) is 8.26. The van der Waals surface area contributed by atoms with Gasteiger partial charge >= 0.3 is 0 Å². The van der Waals surface area contributed by atoms with E-state index in [2.05, 4.69) is 56.8 Å². The van der Waals surface area contributed by atoms with E-state index < -0.39 is 0 Å². The van der Waals surface area contributed by atoms with E-state index in [4.69, 9.17) is 0 Å². The topological polar surface area (TPSA) is 65.4 Å². The summed E-state index contributed by atoms with van der Waals surface area (Å²) < 4.78 is 1.92. The van der Waals surface area contributed by atoms with E-state index in [1.165, 1.54) is 5.56 Å². The van der Waals surface area contributed by atoms with E-state index >= 15 is 0 Å². The van der Waals surface area contributed by atoms with Crippen molar-refractivity contribution in [3.05, 3.63) is 53.3 Å². The maximum atomic E-state index is 12.5. The van der Waals surface area contributed by atoms with E-state index in [0.717, 1.165) is 64.2 Å². The van der Waals surface area contributed by atoms with E-state index in [9.17, 15) is 4.79 Å². The first-order chi connectivity index (χ1) is 14.2. The Morgan fingerprint density at radius 1 is 1.13 bits per heavy atom. The summed E-state index contributed by atoms with van der Waals surface area (Å²) in [5.74, 6) is -0.117. The van der Waals surface area contributed by atoms with Crippen molar-refractivity contribution < 1.29 is 4.79 Å². The minimum absolute atomic E-state index is 0. The van der Waals surface area contributed by atoms with Gasteiger partial charge in [-0.1, -0.05) is 24.3 Å². The summed E-state index contributed by atoms with van der Waals surface area (Å²) in [5, 5.41) is 10.9. The van der Waals surface area contributed by atoms with Crippen LogP contribution in [0.25, 0.3) is 0 Å². The van der Waals surface area contributed by atoms with Crippen molar-refractivity contribution in [2.24, 2.45) is 0 Å². The zero-order valence-corrected chi connectivity index (χ0v) is 18.5. The Morgan fingerprint density at radius 3 is 2.57 bits per heavy atom. The smallest absolute Gasteiger partial charge is 0.272 e. The van der Waals surface area contributed by atoms with Crippen LogP contribution in [0.15, 0.2) is 36.5 Å². The number of hydrogen-bond donors (Lipinski definition) is 2. The van der Waals surface area contributed by atoms with Crippen LogP contribution in [0.1, 0.15) is 40.5 Å². The number of halogens is 1. The Labute approximate surface area is 185 Å². The molecule has 1 amide bonds. The molecule has 2 fully saturated rings. The van der Waals surface area contributed by atoms with Crippen molar-refractivity contribution in [2.45, 2.75) is 32.0 Å². The minimum atomic E-state index is -0.117. The van der Waals surface area contributed by atoms with Crippen LogP contribution < -0.4 is 10.6 Å². The predicted molar refractivity (Wildman–Crippen MR) is 121 cm³/mol. The zero-order chi connectivity index (χ0) is 20.1. The lowest BCUT2D eigenvalue weighted by atomic mass is 10.1. The monoisotopic (exact) mass is 432 g/mol. The summed E-state index contributed by atoms with van der Waals surface area (Å²) in [6, 6.07) is 10.7. The summed E-state index contributed by atoms with van der Waals surface area (Å²) in [5.41, 5.74) is 2.92. The SMILES string of the molecule is CN1CCN(Cc2ccc(CNC(=O)c3ccn(C4CCCNC4)n3)cc2)CC1.Cl. The lowest BCUT2D eigenvalue weighted by Crippen LogP contribution is -2.43. The Bertz CT molecular complexity index is 794. The van der Waals surface area contributed by atoms with Crippen LogP contribution in [0.4, 0.5) is 0 Å². The van der Waals surface area contributed by atoms with Crippen molar-refractivity contribution in [1.29, 1.82) is 0 Å². The molecule has 1 aromatic carbocycles. The van der Waals surface area contributed by atoms with Gasteiger partial charge in [-0.3, -0.25) is 14.4 Å². The van der Waals surface area contributed by atoms with Gasteiger partial charge < -0.3 is 15.5 Å². The molecule has 0 bridgehead atoms. The van der Waals surface area contributed by atoms with Gasteiger partial charge in [-0.25, -0.2) is 0 Å². The molecule has 7 nitrogen and oxygen atoms in total. The van der Waals surface area contributed by atoms with Gasteiger partial charge in [-0.2, -0.15) is 5.10 Å². The largest absolute Gasteiger partial charge is 0.347 e. The third-order valence-electron chi connectivity index (χ3n) is 5.96. The molecule has 8 heteroatoms. The summed E-state index contributed by atoms with van der Waals surface area (Å²) in [7, 11) is 2.18. The van der Waals surface area contributed by atoms with Crippen molar-refractivity contribution in [3.63, 3.8) is 0 Å². The molecule has 3 heterocycles. The number of rotatable bonds is 6. The normalized spacial score (nSPS) is 20.5. The number of benzene rings is 1. The van der Waals surface area contributed by atoms with Crippen LogP contribution in [0.2, 0.25) is 0 Å². The first-order valence-electron chi connectivity index (χ1n) is 10.7. The van der Waals surface area contributed by atoms with Crippen molar-refractivity contribution in [3.8, 4) is 0 Å². The Kier molecular flexibility index (Phi) is 8.27. The molecule has 2 aliphatic heterocycles. The van der Waals surface area contributed by atoms with Gasteiger partial charge in [0.15, 0.2) is 0 Å². The van der Waals surface area contributed by atoms with Crippen molar-refractivity contribution in [1.82, 2.24) is 30.2 Å². The first-order valence-corrected chi connectivity index (χ1v) is 10.7. The third-order valence-corrected chi connectivity index (χ3v) is 5.96. The number of piperazine rings is 1. The molecule has 1 aromatic heterocycles. The maximum absolute atomic E-state index is 12.5. The summed E-state index contributed by atoms with van der Waals surface area (Å²) >= 11 is 0. The minimum Gasteiger partial charge on any atom is -0.347 e. The van der Waals surface area contributed by atoms with Gasteiger partial charge in [0.1, 0.15) is 5.69 Å². The van der Waals surface area contributed by atoms with Crippen LogP contribution in [-0.4, -0.2) is 71.8 Å². The molecule has 0 spiro atoms. The molecule has 1 atom stereocenters. The molecule has 164 valence electrons. The number of carbonyl (C=O) groups excluding carboxylic acids is 1. The molecule has 1 unspecified atom stereocenters. The van der Waals surface area contributed by atoms with Gasteiger partial charge in [0.2, 0.25) is 0 Å². The predicted octanol–water partition coefficient (Wildman–Crippen LogP) is 1.91. The maximum Gasteiger partial charge on any atom is 0.272 e. The second kappa shape index (κ2) is 10.9. The number of nitrogens with zero attached hydrogens (tertiary/aromatic N) is 4. The summed E-state index contributed by atoms with van der Waals surface area (Å²) in [6.45, 7) is 8.02. The lowest BCUT2D eigenvalue weighted by molar-refractivity contribution is 0.0944. The van der Waals surface area contributed by atoms with Gasteiger partial charge in [0.25, 0.3) is 5.91 Å². The average molecular weight is 433 g/mol. The van der Waals surface area contributed by atoms with Crippen molar-refractivity contribution in [2.75, 3.05) is 46.3 Å². The molecule has 30 heavy (non-hydrogen) atoms. The van der Waals surface area contributed by atoms with E-state index in [1.807, 2.05) is 16.9 Å². The Morgan fingerprint density at radius 2 is 1.87 bits per heavy atom. The molecular formula is C22H33ClN6O. The quantitative estimate of drug-likeness (QED) is 0.730. The lowest BCUT2D eigenvalue weighted by Gasteiger charge is -2.32. The third kappa shape index (κ3) is 6.04. The summed E-state index contributed by atoms with van der Waals surface area (Å²) in [4.78, 5) is 17.3. The highest BCUT2D eigenvalue weighted by Crippen LogP contribution is 2.16. The van der Waals surface area contributed by atoms with E-state index in [-0.39, 0.29) is 18.3 Å². The molecule has 2 aliphatic rings. The van der Waals surface area contributed by atoms with Gasteiger partial charge in [-0.15, -0.1) is 12.4 Å². The number of nitrogens with one attached hydrogen (secondary N) is 2. The van der Waals surface area contributed by atoms with Gasteiger partial charge in [0.05, 0.1) is 6.04 Å². The standard InChI is InChI=1S/C22H32N6O.ClH/c1-26-11-13-27(14-12-26)17-19-6-4-18(5-7-19)15-24-22(29)21-8-10-28(25-21)20-3-2-9-23-16-20;/h4-8,10,20,23H,2-3,9,11-17H2,1H3,(H,24,29);1H. The Hall–Kier alpha value is -1.93. The van der Waals surface area contributed by atoms with Crippen LogP contribution in [-0.2, 0) is 13.1 Å². The molecule has 0 aliphatic carbocycles. The van der Waals surface area contributed by atoms with Gasteiger partial charge in [0, 0.05) is 52.0 Å². The van der Waals surface area contributed by atoms with Gasteiger partial charge in [-0.05, 0) is 43.6 Å². The van der Waals surface area contributed by atoms with Crippen LogP contribution >= 0.6 is 12.4 Å².